The molecule has 5 nitrogen and oxygen atoms in total. The van der Waals surface area contributed by atoms with Crippen LogP contribution in [0.25, 0.3) is 0 Å². The van der Waals surface area contributed by atoms with Gasteiger partial charge in [0.2, 0.25) is 0 Å². The minimum Gasteiger partial charge on any atom is -0.388 e. The molecule has 0 spiro atoms. The molecule has 1 aromatic carbocycles. The molecule has 0 aliphatic carbocycles. The summed E-state index contributed by atoms with van der Waals surface area (Å²) in [6, 6.07) is 5.87. The second-order valence-corrected chi connectivity index (χ2v) is 5.67. The molecule has 1 aromatic rings. The summed E-state index contributed by atoms with van der Waals surface area (Å²) in [5.41, 5.74) is 11.8. The standard InChI is InChI=1S/C15H20N4OS/c1-10-5-6-12(9-11(10)2)17-18-13(14(16)21)15(20)19-7-3-4-8-19/h5-6,9,17H,3-4,7-8H2,1-2H3,(H2,16,21)/b18-13-. The fraction of sp³-hybridized carbons (Fsp3) is 0.400. The van der Waals surface area contributed by atoms with Crippen LogP contribution in [-0.4, -0.2) is 34.6 Å². The van der Waals surface area contributed by atoms with E-state index in [-0.39, 0.29) is 16.6 Å². The highest BCUT2D eigenvalue weighted by Gasteiger charge is 2.24. The van der Waals surface area contributed by atoms with Gasteiger partial charge in [-0.3, -0.25) is 10.2 Å². The maximum Gasteiger partial charge on any atom is 0.277 e. The minimum atomic E-state index is -0.198. The number of hydrazone groups is 1. The third-order valence-electron chi connectivity index (χ3n) is 3.63. The molecule has 3 N–H and O–H groups in total. The molecule has 0 atom stereocenters. The Balaban J connectivity index is 2.15. The van der Waals surface area contributed by atoms with Gasteiger partial charge in [-0.15, -0.1) is 0 Å². The summed E-state index contributed by atoms with van der Waals surface area (Å²) in [5, 5.41) is 4.12. The Morgan fingerprint density at radius 2 is 1.95 bits per heavy atom. The van der Waals surface area contributed by atoms with Crippen molar-refractivity contribution in [3.05, 3.63) is 29.3 Å². The van der Waals surface area contributed by atoms with E-state index in [9.17, 15) is 4.79 Å². The highest BCUT2D eigenvalue weighted by molar-refractivity contribution is 7.82. The maximum absolute atomic E-state index is 12.3. The molecule has 6 heteroatoms. The van der Waals surface area contributed by atoms with Crippen LogP contribution in [-0.2, 0) is 4.79 Å². The fourth-order valence-corrected chi connectivity index (χ4v) is 2.34. The number of thiocarbonyl (C=S) groups is 1. The van der Waals surface area contributed by atoms with Gasteiger partial charge in [-0.25, -0.2) is 0 Å². The lowest BCUT2D eigenvalue weighted by Crippen LogP contribution is -2.40. The van der Waals surface area contributed by atoms with Crippen molar-refractivity contribution in [2.24, 2.45) is 10.8 Å². The van der Waals surface area contributed by atoms with E-state index in [4.69, 9.17) is 18.0 Å². The largest absolute Gasteiger partial charge is 0.388 e. The van der Waals surface area contributed by atoms with Crippen LogP contribution in [0.2, 0.25) is 0 Å². The summed E-state index contributed by atoms with van der Waals surface area (Å²) in [6.45, 7) is 5.54. The number of hydrogen-bond donors (Lipinski definition) is 2. The number of rotatable bonds is 4. The molecule has 0 unspecified atom stereocenters. The third kappa shape index (κ3) is 3.78. The zero-order chi connectivity index (χ0) is 15.4. The monoisotopic (exact) mass is 304 g/mol. The van der Waals surface area contributed by atoms with Gasteiger partial charge in [-0.2, -0.15) is 5.10 Å². The second kappa shape index (κ2) is 6.67. The quantitative estimate of drug-likeness (QED) is 0.507. The number of hydrogen-bond acceptors (Lipinski definition) is 4. The van der Waals surface area contributed by atoms with Gasteiger partial charge in [-0.05, 0) is 49.9 Å². The van der Waals surface area contributed by atoms with E-state index in [1.165, 1.54) is 5.56 Å². The molecule has 1 amide bonds. The number of nitrogens with two attached hydrogens (primary N) is 1. The van der Waals surface area contributed by atoms with Crippen LogP contribution in [0.15, 0.2) is 23.3 Å². The predicted octanol–water partition coefficient (Wildman–Crippen LogP) is 1.98. The molecule has 1 saturated heterocycles. The highest BCUT2D eigenvalue weighted by Crippen LogP contribution is 2.14. The molecule has 112 valence electrons. The van der Waals surface area contributed by atoms with E-state index in [2.05, 4.69) is 10.5 Å². The zero-order valence-corrected chi connectivity index (χ0v) is 13.2. The number of benzene rings is 1. The fourth-order valence-electron chi connectivity index (χ4n) is 2.21. The van der Waals surface area contributed by atoms with E-state index in [1.54, 1.807) is 4.90 Å². The molecule has 2 rings (SSSR count). The van der Waals surface area contributed by atoms with Gasteiger partial charge in [0, 0.05) is 13.1 Å². The number of carbonyl (C=O) groups is 1. The molecule has 21 heavy (non-hydrogen) atoms. The lowest BCUT2D eigenvalue weighted by atomic mass is 10.1. The van der Waals surface area contributed by atoms with E-state index in [0.29, 0.717) is 0 Å². The van der Waals surface area contributed by atoms with Gasteiger partial charge in [0.1, 0.15) is 4.99 Å². The number of anilines is 1. The number of carbonyl (C=O) groups excluding carboxylic acids is 1. The number of nitrogens with one attached hydrogen (secondary N) is 1. The van der Waals surface area contributed by atoms with Gasteiger partial charge in [0.15, 0.2) is 5.71 Å². The van der Waals surface area contributed by atoms with Crippen molar-refractivity contribution in [3.63, 3.8) is 0 Å². The second-order valence-electron chi connectivity index (χ2n) is 5.23. The van der Waals surface area contributed by atoms with Crippen LogP contribution in [0.3, 0.4) is 0 Å². The number of nitrogens with zero attached hydrogens (tertiary/aromatic N) is 2. The van der Waals surface area contributed by atoms with E-state index in [1.807, 2.05) is 32.0 Å². The first-order chi connectivity index (χ1) is 9.99. The summed E-state index contributed by atoms with van der Waals surface area (Å²) in [5.74, 6) is -0.198. The molecule has 0 radical (unpaired) electrons. The van der Waals surface area contributed by atoms with Gasteiger partial charge in [0.25, 0.3) is 5.91 Å². The summed E-state index contributed by atoms with van der Waals surface area (Å²) in [4.78, 5) is 14.1. The highest BCUT2D eigenvalue weighted by atomic mass is 32.1. The normalized spacial score (nSPS) is 15.1. The Kier molecular flexibility index (Phi) is 4.90. The molecular weight excluding hydrogens is 284 g/mol. The molecule has 1 heterocycles. The molecule has 1 fully saturated rings. The molecular formula is C15H20N4OS. The summed E-state index contributed by atoms with van der Waals surface area (Å²) < 4.78 is 0. The van der Waals surface area contributed by atoms with Crippen molar-refractivity contribution < 1.29 is 4.79 Å². The van der Waals surface area contributed by atoms with Crippen molar-refractivity contribution >= 4 is 34.5 Å². The van der Waals surface area contributed by atoms with Crippen molar-refractivity contribution in [1.82, 2.24) is 4.90 Å². The summed E-state index contributed by atoms with van der Waals surface area (Å²) >= 11 is 4.95. The average molecular weight is 304 g/mol. The third-order valence-corrected chi connectivity index (χ3v) is 3.83. The Labute approximate surface area is 130 Å². The van der Waals surface area contributed by atoms with Crippen LogP contribution in [0, 0.1) is 13.8 Å². The van der Waals surface area contributed by atoms with Crippen molar-refractivity contribution in [1.29, 1.82) is 0 Å². The van der Waals surface area contributed by atoms with E-state index < -0.39 is 0 Å². The first kappa shape index (κ1) is 15.4. The van der Waals surface area contributed by atoms with Crippen LogP contribution < -0.4 is 11.2 Å². The van der Waals surface area contributed by atoms with Crippen molar-refractivity contribution in [2.75, 3.05) is 18.5 Å². The topological polar surface area (TPSA) is 70.7 Å². The van der Waals surface area contributed by atoms with Crippen LogP contribution in [0.1, 0.15) is 24.0 Å². The lowest BCUT2D eigenvalue weighted by Gasteiger charge is -2.16. The SMILES string of the molecule is Cc1ccc(N/N=C(\C(=O)N2CCCC2)C(N)=S)cc1C. The molecule has 1 aliphatic heterocycles. The Morgan fingerprint density at radius 3 is 2.52 bits per heavy atom. The Morgan fingerprint density at radius 1 is 1.29 bits per heavy atom. The Hall–Kier alpha value is -1.95. The lowest BCUT2D eigenvalue weighted by molar-refractivity contribution is -0.122. The maximum atomic E-state index is 12.3. The molecule has 0 saturated carbocycles. The predicted molar refractivity (Wildman–Crippen MR) is 89.6 cm³/mol. The van der Waals surface area contributed by atoms with E-state index in [0.717, 1.165) is 37.2 Å². The molecule has 1 aliphatic rings. The summed E-state index contributed by atoms with van der Waals surface area (Å²) in [6.07, 6.45) is 2.03. The van der Waals surface area contributed by atoms with Gasteiger partial charge in [-0.1, -0.05) is 18.3 Å². The summed E-state index contributed by atoms with van der Waals surface area (Å²) in [7, 11) is 0. The first-order valence-electron chi connectivity index (χ1n) is 6.99. The zero-order valence-electron chi connectivity index (χ0n) is 12.3. The van der Waals surface area contributed by atoms with Crippen molar-refractivity contribution in [3.8, 4) is 0 Å². The smallest absolute Gasteiger partial charge is 0.277 e. The van der Waals surface area contributed by atoms with Crippen LogP contribution >= 0.6 is 12.2 Å². The Bertz CT molecular complexity index is 591. The van der Waals surface area contributed by atoms with Crippen LogP contribution in [0.4, 0.5) is 5.69 Å². The number of aryl methyl sites for hydroxylation is 2. The van der Waals surface area contributed by atoms with Crippen LogP contribution in [0.5, 0.6) is 0 Å². The minimum absolute atomic E-state index is 0.0169. The molecule has 0 bridgehead atoms. The van der Waals surface area contributed by atoms with Gasteiger partial charge >= 0.3 is 0 Å². The van der Waals surface area contributed by atoms with E-state index >= 15 is 0 Å². The van der Waals surface area contributed by atoms with Gasteiger partial charge < -0.3 is 10.6 Å². The number of likely N-dealkylation sites (tertiary alicyclic amines) is 1. The number of amides is 1. The van der Waals surface area contributed by atoms with Crippen molar-refractivity contribution in [2.45, 2.75) is 26.7 Å². The average Bonchev–Trinajstić information content (AvgIpc) is 2.96. The van der Waals surface area contributed by atoms with Gasteiger partial charge in [0.05, 0.1) is 5.69 Å². The first-order valence-corrected chi connectivity index (χ1v) is 7.40. The molecule has 0 aromatic heterocycles.